The van der Waals surface area contributed by atoms with Gasteiger partial charge in [-0.1, -0.05) is 5.16 Å². The van der Waals surface area contributed by atoms with Crippen molar-refractivity contribution < 1.29 is 4.52 Å². The SMILES string of the molecule is CCn1ccnc1CN(Cc1ccon1)C1CC12CCNCC2. The van der Waals surface area contributed by atoms with E-state index in [-0.39, 0.29) is 0 Å². The molecule has 2 aromatic rings. The standard InChI is InChI=1S/C17H25N5O/c1-2-21-9-8-19-16(21)13-22(12-14-3-10-23-20-14)15-11-17(15)4-6-18-7-5-17/h3,8-10,15,18H,2,4-7,11-13H2,1H3. The Labute approximate surface area is 136 Å². The lowest BCUT2D eigenvalue weighted by Crippen LogP contribution is -2.36. The summed E-state index contributed by atoms with van der Waals surface area (Å²) >= 11 is 0. The van der Waals surface area contributed by atoms with Crippen LogP contribution in [0.1, 0.15) is 37.7 Å². The van der Waals surface area contributed by atoms with Crippen LogP contribution in [0.3, 0.4) is 0 Å². The molecule has 3 heterocycles. The zero-order chi connectivity index (χ0) is 15.7. The van der Waals surface area contributed by atoms with Crippen molar-refractivity contribution in [3.8, 4) is 0 Å². The minimum atomic E-state index is 0.513. The minimum Gasteiger partial charge on any atom is -0.364 e. The molecule has 1 saturated heterocycles. The Morgan fingerprint density at radius 1 is 1.39 bits per heavy atom. The second-order valence-electron chi connectivity index (χ2n) is 6.86. The molecule has 1 atom stereocenters. The van der Waals surface area contributed by atoms with Gasteiger partial charge in [-0.15, -0.1) is 0 Å². The molecule has 0 aromatic carbocycles. The largest absolute Gasteiger partial charge is 0.364 e. The lowest BCUT2D eigenvalue weighted by molar-refractivity contribution is 0.178. The van der Waals surface area contributed by atoms with Gasteiger partial charge in [-0.3, -0.25) is 4.90 Å². The van der Waals surface area contributed by atoms with Crippen LogP contribution in [0.15, 0.2) is 29.2 Å². The molecule has 1 spiro atoms. The molecule has 2 aromatic heterocycles. The quantitative estimate of drug-likeness (QED) is 0.884. The third kappa shape index (κ3) is 2.93. The molecule has 124 valence electrons. The van der Waals surface area contributed by atoms with E-state index in [4.69, 9.17) is 4.52 Å². The third-order valence-electron chi connectivity index (χ3n) is 5.53. The zero-order valence-electron chi connectivity index (χ0n) is 13.7. The van der Waals surface area contributed by atoms with Crippen LogP contribution in [0.4, 0.5) is 0 Å². The first-order valence-corrected chi connectivity index (χ1v) is 8.65. The van der Waals surface area contributed by atoms with Crippen molar-refractivity contribution in [1.82, 2.24) is 24.9 Å². The number of hydrogen-bond donors (Lipinski definition) is 1. The predicted molar refractivity (Wildman–Crippen MR) is 86.6 cm³/mol. The lowest BCUT2D eigenvalue weighted by Gasteiger charge is -2.29. The molecule has 1 aliphatic heterocycles. The molecular weight excluding hydrogens is 290 g/mol. The zero-order valence-corrected chi connectivity index (χ0v) is 13.7. The Morgan fingerprint density at radius 3 is 3.00 bits per heavy atom. The maximum absolute atomic E-state index is 5.03. The molecule has 0 bridgehead atoms. The molecule has 6 heteroatoms. The maximum Gasteiger partial charge on any atom is 0.124 e. The first kappa shape index (κ1) is 14.9. The van der Waals surface area contributed by atoms with Crippen molar-refractivity contribution >= 4 is 0 Å². The van der Waals surface area contributed by atoms with Crippen molar-refractivity contribution in [3.05, 3.63) is 36.2 Å². The summed E-state index contributed by atoms with van der Waals surface area (Å²) in [5.41, 5.74) is 1.52. The summed E-state index contributed by atoms with van der Waals surface area (Å²) in [7, 11) is 0. The maximum atomic E-state index is 5.03. The first-order chi connectivity index (χ1) is 11.3. The topological polar surface area (TPSA) is 59.1 Å². The van der Waals surface area contributed by atoms with Crippen molar-refractivity contribution in [2.45, 2.75) is 51.9 Å². The number of nitrogens with one attached hydrogen (secondary N) is 1. The normalized spacial score (nSPS) is 22.8. The summed E-state index contributed by atoms with van der Waals surface area (Å²) < 4.78 is 7.25. The molecule has 23 heavy (non-hydrogen) atoms. The fraction of sp³-hybridized carbons (Fsp3) is 0.647. The van der Waals surface area contributed by atoms with E-state index in [0.29, 0.717) is 11.5 Å². The van der Waals surface area contributed by atoms with Crippen LogP contribution < -0.4 is 5.32 Å². The van der Waals surface area contributed by atoms with Crippen LogP contribution in [0.5, 0.6) is 0 Å². The Balaban J connectivity index is 1.52. The van der Waals surface area contributed by atoms with Gasteiger partial charge in [0.05, 0.1) is 12.2 Å². The minimum absolute atomic E-state index is 0.513. The number of imidazole rings is 1. The second-order valence-corrected chi connectivity index (χ2v) is 6.86. The molecule has 2 aliphatic rings. The van der Waals surface area contributed by atoms with Gasteiger partial charge in [-0.05, 0) is 44.7 Å². The average molecular weight is 315 g/mol. The summed E-state index contributed by atoms with van der Waals surface area (Å²) in [6, 6.07) is 2.61. The van der Waals surface area contributed by atoms with Crippen LogP contribution in [-0.4, -0.2) is 38.7 Å². The van der Waals surface area contributed by atoms with E-state index in [0.717, 1.165) is 44.2 Å². The van der Waals surface area contributed by atoms with E-state index in [1.165, 1.54) is 19.3 Å². The molecular formula is C17H25N5O. The Hall–Kier alpha value is -1.66. The molecule has 0 radical (unpaired) electrons. The monoisotopic (exact) mass is 315 g/mol. The van der Waals surface area contributed by atoms with E-state index in [1.807, 2.05) is 12.3 Å². The Bertz CT molecular complexity index is 629. The number of nitrogens with zero attached hydrogens (tertiary/aromatic N) is 4. The predicted octanol–water partition coefficient (Wildman–Crippen LogP) is 2.04. The van der Waals surface area contributed by atoms with Crippen LogP contribution >= 0.6 is 0 Å². The number of aryl methyl sites for hydroxylation is 1. The molecule has 1 N–H and O–H groups in total. The van der Waals surface area contributed by atoms with Crippen molar-refractivity contribution in [1.29, 1.82) is 0 Å². The average Bonchev–Trinajstić information content (AvgIpc) is 2.99. The molecule has 2 fully saturated rings. The number of piperidine rings is 1. The molecule has 0 amide bonds. The molecule has 4 rings (SSSR count). The molecule has 1 saturated carbocycles. The number of aromatic nitrogens is 3. The van der Waals surface area contributed by atoms with Gasteiger partial charge in [0.2, 0.25) is 0 Å². The van der Waals surface area contributed by atoms with Crippen LogP contribution in [0.2, 0.25) is 0 Å². The Morgan fingerprint density at radius 2 is 2.26 bits per heavy atom. The fourth-order valence-electron chi connectivity index (χ4n) is 4.07. The van der Waals surface area contributed by atoms with Crippen molar-refractivity contribution in [3.63, 3.8) is 0 Å². The van der Waals surface area contributed by atoms with E-state index >= 15 is 0 Å². The third-order valence-corrected chi connectivity index (χ3v) is 5.53. The van der Waals surface area contributed by atoms with Crippen LogP contribution in [0, 0.1) is 5.41 Å². The summed E-state index contributed by atoms with van der Waals surface area (Å²) in [6.45, 7) is 7.15. The van der Waals surface area contributed by atoms with Gasteiger partial charge in [0.15, 0.2) is 0 Å². The van der Waals surface area contributed by atoms with Crippen LogP contribution in [0.25, 0.3) is 0 Å². The van der Waals surface area contributed by atoms with Gasteiger partial charge in [-0.2, -0.15) is 0 Å². The highest BCUT2D eigenvalue weighted by Gasteiger charge is 2.56. The Kier molecular flexibility index (Phi) is 3.95. The second kappa shape index (κ2) is 6.09. The van der Waals surface area contributed by atoms with E-state index in [1.54, 1.807) is 6.26 Å². The van der Waals surface area contributed by atoms with Crippen LogP contribution in [-0.2, 0) is 19.6 Å². The van der Waals surface area contributed by atoms with Crippen molar-refractivity contribution in [2.75, 3.05) is 13.1 Å². The van der Waals surface area contributed by atoms with Gasteiger partial charge in [0.25, 0.3) is 0 Å². The van der Waals surface area contributed by atoms with Gasteiger partial charge in [0, 0.05) is 37.6 Å². The summed E-state index contributed by atoms with van der Waals surface area (Å²) in [5, 5.41) is 7.60. The smallest absolute Gasteiger partial charge is 0.124 e. The summed E-state index contributed by atoms with van der Waals surface area (Å²) in [4.78, 5) is 7.12. The van der Waals surface area contributed by atoms with E-state index in [2.05, 4.69) is 38.0 Å². The van der Waals surface area contributed by atoms with E-state index in [9.17, 15) is 0 Å². The first-order valence-electron chi connectivity index (χ1n) is 8.65. The van der Waals surface area contributed by atoms with E-state index < -0.39 is 0 Å². The highest BCUT2D eigenvalue weighted by Crippen LogP contribution is 2.56. The highest BCUT2D eigenvalue weighted by atomic mass is 16.5. The lowest BCUT2D eigenvalue weighted by atomic mass is 9.93. The summed E-state index contributed by atoms with van der Waals surface area (Å²) in [6.07, 6.45) is 9.51. The number of rotatable bonds is 6. The molecule has 6 nitrogen and oxygen atoms in total. The van der Waals surface area contributed by atoms with Gasteiger partial charge >= 0.3 is 0 Å². The van der Waals surface area contributed by atoms with Gasteiger partial charge in [0.1, 0.15) is 12.1 Å². The molecule has 1 aliphatic carbocycles. The van der Waals surface area contributed by atoms with Crippen molar-refractivity contribution in [2.24, 2.45) is 5.41 Å². The molecule has 1 unspecified atom stereocenters. The number of hydrogen-bond acceptors (Lipinski definition) is 5. The van der Waals surface area contributed by atoms with Gasteiger partial charge in [-0.25, -0.2) is 4.98 Å². The highest BCUT2D eigenvalue weighted by molar-refractivity contribution is 5.12. The summed E-state index contributed by atoms with van der Waals surface area (Å²) in [5.74, 6) is 1.15. The fourth-order valence-corrected chi connectivity index (χ4v) is 4.07. The van der Waals surface area contributed by atoms with Gasteiger partial charge < -0.3 is 14.4 Å².